The smallest absolute Gasteiger partial charge is 0.320 e. The number of hydrogen-bond acceptors (Lipinski definition) is 4. The first-order valence-corrected chi connectivity index (χ1v) is 15.5. The first-order valence-electron chi connectivity index (χ1n) is 15.5. The molecule has 4 aliphatic carbocycles. The summed E-state index contributed by atoms with van der Waals surface area (Å²) in [6.07, 6.45) is 18.3. The topological polar surface area (TPSA) is 110 Å². The van der Waals surface area contributed by atoms with Gasteiger partial charge in [0.25, 0.3) is 0 Å². The van der Waals surface area contributed by atoms with Crippen LogP contribution < -0.4 is 11.5 Å². The summed E-state index contributed by atoms with van der Waals surface area (Å²) in [5, 5.41) is 18.5. The highest BCUT2D eigenvalue weighted by atomic mass is 16.4. The molecule has 0 aromatic heterocycles. The summed E-state index contributed by atoms with van der Waals surface area (Å²) in [7, 11) is 0. The number of aliphatic carboxylic acids is 1. The van der Waals surface area contributed by atoms with E-state index < -0.39 is 12.0 Å². The minimum atomic E-state index is -0.955. The highest BCUT2D eigenvalue weighted by molar-refractivity contribution is 5.72. The molecule has 0 saturated heterocycles. The summed E-state index contributed by atoms with van der Waals surface area (Å²) >= 11 is 0. The zero-order valence-corrected chi connectivity index (χ0v) is 24.6. The largest absolute Gasteiger partial charge is 0.480 e. The van der Waals surface area contributed by atoms with Gasteiger partial charge < -0.3 is 21.7 Å². The molecule has 9 atom stereocenters. The van der Waals surface area contributed by atoms with Crippen LogP contribution in [0.15, 0.2) is 11.6 Å². The molecule has 3 saturated carbocycles. The third kappa shape index (κ3) is 6.81. The van der Waals surface area contributed by atoms with Gasteiger partial charge in [-0.15, -0.1) is 0 Å². The molecule has 37 heavy (non-hydrogen) atoms. The van der Waals surface area contributed by atoms with Crippen molar-refractivity contribution in [3.63, 3.8) is 0 Å². The Kier molecular flexibility index (Phi) is 10.7. The fourth-order valence-corrected chi connectivity index (χ4v) is 9.13. The molecule has 0 spiro atoms. The first-order chi connectivity index (χ1) is 17.4. The normalized spacial score (nSPS) is 38.4. The lowest BCUT2D eigenvalue weighted by Crippen LogP contribution is -2.50. The van der Waals surface area contributed by atoms with Crippen molar-refractivity contribution in [1.29, 1.82) is 0 Å². The van der Waals surface area contributed by atoms with E-state index in [9.17, 15) is 9.90 Å². The Morgan fingerprint density at radius 3 is 2.41 bits per heavy atom. The molecule has 4 rings (SSSR count). The van der Waals surface area contributed by atoms with Crippen LogP contribution in [0.3, 0.4) is 0 Å². The van der Waals surface area contributed by atoms with E-state index in [4.69, 9.17) is 16.6 Å². The molecule has 0 aromatic carbocycles. The molecule has 3 fully saturated rings. The van der Waals surface area contributed by atoms with Gasteiger partial charge in [-0.2, -0.15) is 0 Å². The highest BCUT2D eigenvalue weighted by Crippen LogP contribution is 2.67. The molecule has 0 heterocycles. The standard InChI is InChI=1S/C27H46O.C5H12N2O2/c1-18(2)7-6-8-19(3)23-11-12-24-22-10-9-20-17-21(28)13-15-26(20,4)25(22)14-16-27(23,24)5;6-3-1-2-4(7)5(8)9/h9,18-19,21-25,28H,6-8,10-17H2,1-5H3;4H,1-3,6-7H2,(H,8,9)/t19-,21+,22+,23-,24+,25+,26+,27-;/m1./s1. The molecule has 5 nitrogen and oxygen atoms in total. The fourth-order valence-electron chi connectivity index (χ4n) is 9.13. The summed E-state index contributed by atoms with van der Waals surface area (Å²) in [4.78, 5) is 10.0. The molecule has 0 aliphatic heterocycles. The van der Waals surface area contributed by atoms with Gasteiger partial charge in [-0.05, 0) is 117 Å². The van der Waals surface area contributed by atoms with E-state index >= 15 is 0 Å². The van der Waals surface area contributed by atoms with Crippen molar-refractivity contribution in [3.8, 4) is 0 Å². The Morgan fingerprint density at radius 2 is 1.76 bits per heavy atom. The number of allylic oxidation sites excluding steroid dienone is 1. The van der Waals surface area contributed by atoms with Crippen LogP contribution >= 0.6 is 0 Å². The number of carboxylic acid groups (broad SMARTS) is 1. The summed E-state index contributed by atoms with van der Waals surface area (Å²) in [6, 6.07) is -0.742. The van der Waals surface area contributed by atoms with Crippen molar-refractivity contribution in [3.05, 3.63) is 11.6 Å². The lowest BCUT2D eigenvalue weighted by molar-refractivity contribution is -0.138. The molecule has 214 valence electrons. The maximum absolute atomic E-state index is 10.2. The zero-order valence-electron chi connectivity index (χ0n) is 24.6. The minimum absolute atomic E-state index is 0.0766. The third-order valence-corrected chi connectivity index (χ3v) is 11.3. The van der Waals surface area contributed by atoms with Gasteiger partial charge in [-0.25, -0.2) is 0 Å². The Labute approximate surface area is 227 Å². The van der Waals surface area contributed by atoms with Crippen molar-refractivity contribution in [2.24, 2.45) is 57.8 Å². The molecular formula is C32H58N2O3. The average molecular weight is 519 g/mol. The molecule has 0 bridgehead atoms. The van der Waals surface area contributed by atoms with Gasteiger partial charge in [0.2, 0.25) is 0 Å². The number of hydrogen-bond donors (Lipinski definition) is 4. The quantitative estimate of drug-likeness (QED) is 0.260. The molecule has 0 radical (unpaired) electrons. The second kappa shape index (κ2) is 13.0. The number of aliphatic hydroxyl groups is 1. The summed E-state index contributed by atoms with van der Waals surface area (Å²) in [5.74, 6) is 4.50. The van der Waals surface area contributed by atoms with Crippen molar-refractivity contribution in [1.82, 2.24) is 0 Å². The molecule has 5 heteroatoms. The van der Waals surface area contributed by atoms with Gasteiger partial charge in [0, 0.05) is 0 Å². The van der Waals surface area contributed by atoms with Gasteiger partial charge in [-0.3, -0.25) is 4.79 Å². The van der Waals surface area contributed by atoms with Gasteiger partial charge >= 0.3 is 5.97 Å². The van der Waals surface area contributed by atoms with Gasteiger partial charge in [0.05, 0.1) is 6.10 Å². The average Bonchev–Trinajstić information content (AvgIpc) is 3.20. The van der Waals surface area contributed by atoms with Crippen LogP contribution in [-0.4, -0.2) is 34.9 Å². The second-order valence-corrected chi connectivity index (χ2v) is 14.1. The van der Waals surface area contributed by atoms with E-state index in [1.54, 1.807) is 5.57 Å². The number of carbonyl (C=O) groups is 1. The van der Waals surface area contributed by atoms with Crippen LogP contribution in [0, 0.1) is 46.3 Å². The van der Waals surface area contributed by atoms with Crippen LogP contribution in [0.5, 0.6) is 0 Å². The van der Waals surface area contributed by atoms with E-state index in [2.05, 4.69) is 40.7 Å². The third-order valence-electron chi connectivity index (χ3n) is 11.3. The molecule has 0 aromatic rings. The first kappa shape index (κ1) is 30.6. The van der Waals surface area contributed by atoms with E-state index in [1.807, 2.05) is 0 Å². The van der Waals surface area contributed by atoms with Crippen molar-refractivity contribution < 1.29 is 15.0 Å². The van der Waals surface area contributed by atoms with E-state index in [0.29, 0.717) is 30.2 Å². The molecule has 6 N–H and O–H groups in total. The lowest BCUT2D eigenvalue weighted by atomic mass is 9.47. The van der Waals surface area contributed by atoms with Gasteiger partial charge in [-0.1, -0.05) is 65.5 Å². The number of rotatable bonds is 9. The van der Waals surface area contributed by atoms with Gasteiger partial charge in [0.1, 0.15) is 6.04 Å². The van der Waals surface area contributed by atoms with Crippen LogP contribution in [0.2, 0.25) is 0 Å². The number of aliphatic hydroxyl groups excluding tert-OH is 1. The lowest BCUT2D eigenvalue weighted by Gasteiger charge is -2.58. The number of fused-ring (bicyclic) bond motifs is 5. The van der Waals surface area contributed by atoms with E-state index in [1.165, 1.54) is 57.8 Å². The summed E-state index contributed by atoms with van der Waals surface area (Å²) in [6.45, 7) is 13.1. The monoisotopic (exact) mass is 518 g/mol. The fraction of sp³-hybridized carbons (Fsp3) is 0.906. The van der Waals surface area contributed by atoms with Crippen molar-refractivity contribution >= 4 is 5.97 Å². The van der Waals surface area contributed by atoms with E-state index in [-0.39, 0.29) is 6.10 Å². The Bertz CT molecular complexity index is 782. The van der Waals surface area contributed by atoms with Crippen LogP contribution in [0.4, 0.5) is 0 Å². The molecule has 4 aliphatic rings. The van der Waals surface area contributed by atoms with Crippen molar-refractivity contribution in [2.45, 2.75) is 130 Å². The van der Waals surface area contributed by atoms with Crippen LogP contribution in [0.25, 0.3) is 0 Å². The molecule has 1 unspecified atom stereocenters. The predicted molar refractivity (Wildman–Crippen MR) is 153 cm³/mol. The summed E-state index contributed by atoms with van der Waals surface area (Å²) < 4.78 is 0. The van der Waals surface area contributed by atoms with E-state index in [0.717, 1.165) is 48.3 Å². The van der Waals surface area contributed by atoms with Crippen LogP contribution in [-0.2, 0) is 4.79 Å². The maximum Gasteiger partial charge on any atom is 0.320 e. The zero-order chi connectivity index (χ0) is 27.4. The van der Waals surface area contributed by atoms with Crippen LogP contribution in [0.1, 0.15) is 118 Å². The number of nitrogens with two attached hydrogens (primary N) is 2. The minimum Gasteiger partial charge on any atom is -0.480 e. The summed E-state index contributed by atoms with van der Waals surface area (Å²) in [5.41, 5.74) is 12.9. The molecular weight excluding hydrogens is 460 g/mol. The maximum atomic E-state index is 10.2. The molecule has 0 amide bonds. The number of carboxylic acids is 1. The van der Waals surface area contributed by atoms with Crippen molar-refractivity contribution in [2.75, 3.05) is 6.54 Å². The SMILES string of the molecule is CC(C)CCC[C@@H](C)[C@H]1CC[C@H]2[C@@H]3CC=C4C[C@@H](O)CC[C@]4(C)[C@H]3CC[C@]12C.NCCCC(N)C(=O)O. The Balaban J connectivity index is 0.000000364. The highest BCUT2D eigenvalue weighted by Gasteiger charge is 2.59. The Hall–Kier alpha value is -0.910. The Morgan fingerprint density at radius 1 is 1.03 bits per heavy atom. The second-order valence-electron chi connectivity index (χ2n) is 14.1. The van der Waals surface area contributed by atoms with Gasteiger partial charge in [0.15, 0.2) is 0 Å². The predicted octanol–water partition coefficient (Wildman–Crippen LogP) is 6.53.